The Bertz CT molecular complexity index is 677. The zero-order valence-electron chi connectivity index (χ0n) is 12.2. The summed E-state index contributed by atoms with van der Waals surface area (Å²) in [7, 11) is 0. The number of nitrogens with zero attached hydrogens (tertiary/aromatic N) is 3. The Morgan fingerprint density at radius 1 is 1.35 bits per heavy atom. The number of rotatable bonds is 2. The minimum atomic E-state index is 0.0124. The van der Waals surface area contributed by atoms with Gasteiger partial charge in [-0.15, -0.1) is 0 Å². The van der Waals surface area contributed by atoms with Gasteiger partial charge in [0.25, 0.3) is 5.56 Å². The monoisotopic (exact) mass is 271 g/mol. The van der Waals surface area contributed by atoms with Crippen molar-refractivity contribution in [3.63, 3.8) is 0 Å². The number of hydrogen-bond acceptors (Lipinski definition) is 3. The van der Waals surface area contributed by atoms with Crippen molar-refractivity contribution in [1.29, 1.82) is 0 Å². The Labute approximate surface area is 119 Å². The van der Waals surface area contributed by atoms with Crippen molar-refractivity contribution < 1.29 is 0 Å². The van der Waals surface area contributed by atoms with E-state index in [0.29, 0.717) is 6.04 Å². The number of piperidine rings is 1. The molecule has 0 aromatic carbocycles. The largest absolute Gasteiger partial charge is 0.295 e. The molecule has 0 spiro atoms. The standard InChI is InChI=1S/C16H21N3O/c1-12-6-7-15-17-14(9-16(20)19(15)10-12)11-18-8-4-3-5-13(18)2/h6-7,9-10,13H,3-5,8,11H2,1-2H3. The van der Waals surface area contributed by atoms with Gasteiger partial charge in [-0.2, -0.15) is 0 Å². The normalized spacial score (nSPS) is 20.4. The van der Waals surface area contributed by atoms with Crippen LogP contribution in [-0.2, 0) is 6.54 Å². The molecule has 0 saturated carbocycles. The number of aromatic nitrogens is 2. The zero-order valence-corrected chi connectivity index (χ0v) is 12.2. The average Bonchev–Trinajstić information content (AvgIpc) is 2.42. The molecule has 20 heavy (non-hydrogen) atoms. The summed E-state index contributed by atoms with van der Waals surface area (Å²) in [4.78, 5) is 19.2. The molecule has 1 unspecified atom stereocenters. The highest BCUT2D eigenvalue weighted by Crippen LogP contribution is 2.18. The number of hydrogen-bond donors (Lipinski definition) is 0. The van der Waals surface area contributed by atoms with E-state index in [4.69, 9.17) is 0 Å². The van der Waals surface area contributed by atoms with Gasteiger partial charge in [-0.3, -0.25) is 14.1 Å². The molecule has 2 aromatic heterocycles. The Morgan fingerprint density at radius 3 is 3.00 bits per heavy atom. The van der Waals surface area contributed by atoms with Crippen molar-refractivity contribution in [3.8, 4) is 0 Å². The van der Waals surface area contributed by atoms with E-state index in [-0.39, 0.29) is 5.56 Å². The topological polar surface area (TPSA) is 37.6 Å². The van der Waals surface area contributed by atoms with Crippen LogP contribution >= 0.6 is 0 Å². The fraction of sp³-hybridized carbons (Fsp3) is 0.500. The summed E-state index contributed by atoms with van der Waals surface area (Å²) in [6, 6.07) is 6.17. The summed E-state index contributed by atoms with van der Waals surface area (Å²) in [5, 5.41) is 0. The zero-order chi connectivity index (χ0) is 14.1. The van der Waals surface area contributed by atoms with Gasteiger partial charge in [-0.1, -0.05) is 12.5 Å². The van der Waals surface area contributed by atoms with Gasteiger partial charge in [0.1, 0.15) is 5.65 Å². The molecule has 4 nitrogen and oxygen atoms in total. The molecule has 4 heteroatoms. The summed E-state index contributed by atoms with van der Waals surface area (Å²) >= 11 is 0. The Morgan fingerprint density at radius 2 is 2.20 bits per heavy atom. The Balaban J connectivity index is 1.92. The molecule has 0 amide bonds. The Hall–Kier alpha value is -1.68. The first kappa shape index (κ1) is 13.3. The van der Waals surface area contributed by atoms with Crippen molar-refractivity contribution in [2.75, 3.05) is 6.54 Å². The smallest absolute Gasteiger partial charge is 0.258 e. The molecule has 0 N–H and O–H groups in total. The van der Waals surface area contributed by atoms with E-state index in [1.165, 1.54) is 19.3 Å². The second-order valence-electron chi connectivity index (χ2n) is 5.84. The molecular weight excluding hydrogens is 250 g/mol. The van der Waals surface area contributed by atoms with E-state index < -0.39 is 0 Å². The molecule has 3 heterocycles. The Kier molecular flexibility index (Phi) is 3.57. The molecule has 1 aliphatic rings. The van der Waals surface area contributed by atoms with Crippen LogP contribution in [0.25, 0.3) is 5.65 Å². The third kappa shape index (κ3) is 2.61. The van der Waals surface area contributed by atoms with E-state index in [0.717, 1.165) is 30.0 Å². The van der Waals surface area contributed by atoms with E-state index in [1.54, 1.807) is 10.5 Å². The van der Waals surface area contributed by atoms with Gasteiger partial charge < -0.3 is 0 Å². The molecule has 1 fully saturated rings. The van der Waals surface area contributed by atoms with Gasteiger partial charge in [0, 0.05) is 24.8 Å². The first-order valence-electron chi connectivity index (χ1n) is 7.36. The fourth-order valence-corrected chi connectivity index (χ4v) is 2.94. The van der Waals surface area contributed by atoms with Crippen molar-refractivity contribution in [3.05, 3.63) is 46.0 Å². The van der Waals surface area contributed by atoms with E-state index in [9.17, 15) is 4.79 Å². The third-order valence-corrected chi connectivity index (χ3v) is 4.17. The van der Waals surface area contributed by atoms with E-state index >= 15 is 0 Å². The van der Waals surface area contributed by atoms with Gasteiger partial charge in [-0.05, 0) is 44.9 Å². The van der Waals surface area contributed by atoms with Crippen LogP contribution in [-0.4, -0.2) is 26.9 Å². The van der Waals surface area contributed by atoms with Crippen LogP contribution in [0.1, 0.15) is 37.4 Å². The highest BCUT2D eigenvalue weighted by Gasteiger charge is 2.19. The van der Waals surface area contributed by atoms with Crippen LogP contribution in [0.5, 0.6) is 0 Å². The minimum Gasteiger partial charge on any atom is -0.295 e. The van der Waals surface area contributed by atoms with Gasteiger partial charge in [0.05, 0.1) is 5.69 Å². The predicted octanol–water partition coefficient (Wildman–Crippen LogP) is 2.38. The maximum absolute atomic E-state index is 12.2. The second-order valence-corrected chi connectivity index (χ2v) is 5.84. The first-order valence-corrected chi connectivity index (χ1v) is 7.36. The van der Waals surface area contributed by atoms with Gasteiger partial charge in [-0.25, -0.2) is 4.98 Å². The lowest BCUT2D eigenvalue weighted by Crippen LogP contribution is -2.37. The summed E-state index contributed by atoms with van der Waals surface area (Å²) in [5.41, 5.74) is 2.70. The number of aryl methyl sites for hydroxylation is 1. The third-order valence-electron chi connectivity index (χ3n) is 4.17. The van der Waals surface area contributed by atoms with E-state index in [2.05, 4.69) is 16.8 Å². The molecule has 1 atom stereocenters. The van der Waals surface area contributed by atoms with Gasteiger partial charge >= 0.3 is 0 Å². The van der Waals surface area contributed by atoms with Crippen molar-refractivity contribution in [1.82, 2.24) is 14.3 Å². The second kappa shape index (κ2) is 5.37. The summed E-state index contributed by atoms with van der Waals surface area (Å²) in [6.45, 7) is 6.13. The maximum atomic E-state index is 12.2. The van der Waals surface area contributed by atoms with Gasteiger partial charge in [0.2, 0.25) is 0 Å². The minimum absolute atomic E-state index is 0.0124. The SMILES string of the molecule is Cc1ccc2nc(CN3CCCCC3C)cc(=O)n2c1. The van der Waals surface area contributed by atoms with Crippen LogP contribution in [0, 0.1) is 6.92 Å². The van der Waals surface area contributed by atoms with Crippen LogP contribution in [0.15, 0.2) is 29.2 Å². The highest BCUT2D eigenvalue weighted by molar-refractivity contribution is 5.39. The average molecular weight is 271 g/mol. The molecule has 0 radical (unpaired) electrons. The predicted molar refractivity (Wildman–Crippen MR) is 79.9 cm³/mol. The van der Waals surface area contributed by atoms with Crippen LogP contribution in [0.4, 0.5) is 0 Å². The van der Waals surface area contributed by atoms with Crippen molar-refractivity contribution in [2.24, 2.45) is 0 Å². The fourth-order valence-electron chi connectivity index (χ4n) is 2.94. The molecule has 3 rings (SSSR count). The van der Waals surface area contributed by atoms with Crippen LogP contribution in [0.2, 0.25) is 0 Å². The molecule has 2 aromatic rings. The first-order chi connectivity index (χ1) is 9.63. The number of likely N-dealkylation sites (tertiary alicyclic amines) is 1. The summed E-state index contributed by atoms with van der Waals surface area (Å²) in [5.74, 6) is 0. The molecule has 0 aliphatic carbocycles. The van der Waals surface area contributed by atoms with Gasteiger partial charge in [0.15, 0.2) is 0 Å². The highest BCUT2D eigenvalue weighted by atomic mass is 16.1. The van der Waals surface area contributed by atoms with Crippen molar-refractivity contribution in [2.45, 2.75) is 45.7 Å². The molecular formula is C16H21N3O. The number of fused-ring (bicyclic) bond motifs is 1. The molecule has 1 aliphatic heterocycles. The lowest BCUT2D eigenvalue weighted by molar-refractivity contribution is 0.151. The molecule has 1 saturated heterocycles. The number of pyridine rings is 1. The van der Waals surface area contributed by atoms with Crippen LogP contribution in [0.3, 0.4) is 0 Å². The summed E-state index contributed by atoms with van der Waals surface area (Å²) in [6.07, 6.45) is 5.64. The van der Waals surface area contributed by atoms with Crippen LogP contribution < -0.4 is 5.56 Å². The van der Waals surface area contributed by atoms with Crippen molar-refractivity contribution >= 4 is 5.65 Å². The lowest BCUT2D eigenvalue weighted by Gasteiger charge is -2.32. The quantitative estimate of drug-likeness (QED) is 0.841. The molecule has 0 bridgehead atoms. The summed E-state index contributed by atoms with van der Waals surface area (Å²) < 4.78 is 1.62. The maximum Gasteiger partial charge on any atom is 0.258 e. The lowest BCUT2D eigenvalue weighted by atomic mass is 10.0. The van der Waals surface area contributed by atoms with E-state index in [1.807, 2.05) is 25.3 Å². The molecule has 106 valence electrons.